The molecule has 13 N–H and O–H groups in total. The van der Waals surface area contributed by atoms with Crippen molar-refractivity contribution in [3.8, 4) is 0 Å². The van der Waals surface area contributed by atoms with E-state index in [1.807, 2.05) is 66.7 Å². The number of nitrogens with one attached hydrogen (secondary N) is 11. The molecule has 0 spiro atoms. The molecule has 4 aromatic carbocycles. The van der Waals surface area contributed by atoms with E-state index in [0.717, 1.165) is 27.2 Å². The van der Waals surface area contributed by atoms with Gasteiger partial charge in [0.05, 0.1) is 18.4 Å². The number of hydrogen-bond donors (Lipinski definition) is 12. The molecular weight excluding hydrogens is 950 g/mol. The van der Waals surface area contributed by atoms with E-state index in [2.05, 4.69) is 57.5 Å². The van der Waals surface area contributed by atoms with E-state index in [-0.39, 0.29) is 77.0 Å². The lowest BCUT2D eigenvalue weighted by Gasteiger charge is -2.27. The number of nitrogens with zero attached hydrogens (tertiary/aromatic N) is 1. The van der Waals surface area contributed by atoms with Gasteiger partial charge in [0.1, 0.15) is 36.0 Å². The number of halogens is 1. The first-order chi connectivity index (χ1) is 35.8. The predicted octanol–water partition coefficient (Wildman–Crippen LogP) is 1.95. The van der Waals surface area contributed by atoms with Gasteiger partial charge in [0.15, 0.2) is 5.96 Å². The van der Waals surface area contributed by atoms with Crippen molar-refractivity contribution in [3.63, 3.8) is 0 Å². The average molecular weight is 1010 g/mol. The van der Waals surface area contributed by atoms with Gasteiger partial charge in [0, 0.05) is 68.6 Å². The summed E-state index contributed by atoms with van der Waals surface area (Å²) >= 11 is 0. The maximum absolute atomic E-state index is 14.7. The normalized spacial score (nSPS) is 20.0. The Labute approximate surface area is 426 Å². The molecule has 0 aliphatic carbocycles. The molecule has 7 amide bonds. The van der Waals surface area contributed by atoms with E-state index in [1.165, 1.54) is 36.8 Å². The number of aromatic amines is 2. The van der Waals surface area contributed by atoms with Gasteiger partial charge >= 0.3 is 0 Å². The Hall–Kier alpha value is -8.62. The standard InChI is InChI=1S/C53H62FN13O7/c54-36-18-16-32(17-19-36)25-43-51(73)64-41(15-8-24-60-53(55)56)49(71)66-44(26-35-29-61-40-14-4-3-13-39(35)40)48(70)59-23-6-5-22-58-46(68)21-20-42(50(72)67-45(52(74)65-43)28-37-30-57-31-62-37)63-47(69)27-34-11-7-10-33-9-1-2-12-38(33)34/h1-4,7,9-14,16-19,29-31,41-45,61H,5-6,8,15,20-28H2,(H,57,62)(H,58,68)(H,59,70)(H,63,69)(H,64,73)(H,65,74)(H,66,71)(H,67,72)(H4,55,56,60)/t41-,42-,43+,44-,45?/m0/s1. The van der Waals surface area contributed by atoms with Crippen molar-refractivity contribution in [1.82, 2.24) is 57.5 Å². The second-order valence-corrected chi connectivity index (χ2v) is 18.2. The third-order valence-electron chi connectivity index (χ3n) is 12.7. The van der Waals surface area contributed by atoms with Crippen LogP contribution < -0.4 is 48.3 Å². The fourth-order valence-corrected chi connectivity index (χ4v) is 8.81. The summed E-state index contributed by atoms with van der Waals surface area (Å²) in [6, 6.07) is 19.3. The van der Waals surface area contributed by atoms with Crippen LogP contribution in [-0.4, -0.2) is 112 Å². The molecule has 7 rings (SSSR count). The Balaban J connectivity index is 1.20. The molecule has 21 heteroatoms. The minimum absolute atomic E-state index is 0.00629. The smallest absolute Gasteiger partial charge is 0.243 e. The highest BCUT2D eigenvalue weighted by Crippen LogP contribution is 2.21. The van der Waals surface area contributed by atoms with Gasteiger partial charge in [-0.15, -0.1) is 0 Å². The molecule has 20 nitrogen and oxygen atoms in total. The first-order valence-electron chi connectivity index (χ1n) is 24.7. The van der Waals surface area contributed by atoms with Gasteiger partial charge in [-0.3, -0.25) is 39.0 Å². The highest BCUT2D eigenvalue weighted by molar-refractivity contribution is 5.98. The number of amides is 7. The highest BCUT2D eigenvalue weighted by atomic mass is 19.1. The van der Waals surface area contributed by atoms with Crippen molar-refractivity contribution < 1.29 is 38.0 Å². The Bertz CT molecular complexity index is 2920. The average Bonchev–Trinajstić information content (AvgIpc) is 4.07. The summed E-state index contributed by atoms with van der Waals surface area (Å²) in [5.41, 5.74) is 8.61. The summed E-state index contributed by atoms with van der Waals surface area (Å²) in [6.07, 6.45) is 5.06. The zero-order chi connectivity index (χ0) is 52.4. The number of carbonyl (C=O) groups is 7. The summed E-state index contributed by atoms with van der Waals surface area (Å²) in [6.45, 7) is 0.587. The largest absolute Gasteiger partial charge is 0.370 e. The van der Waals surface area contributed by atoms with Crippen molar-refractivity contribution in [1.29, 1.82) is 5.41 Å². The van der Waals surface area contributed by atoms with Gasteiger partial charge in [-0.2, -0.15) is 0 Å². The Morgan fingerprint density at radius 2 is 1.34 bits per heavy atom. The van der Waals surface area contributed by atoms with E-state index < -0.39 is 77.4 Å². The third kappa shape index (κ3) is 15.4. The maximum Gasteiger partial charge on any atom is 0.243 e. The van der Waals surface area contributed by atoms with Crippen LogP contribution in [0.15, 0.2) is 110 Å². The Kier molecular flexibility index (Phi) is 18.8. The van der Waals surface area contributed by atoms with Crippen molar-refractivity contribution in [2.45, 2.75) is 94.4 Å². The van der Waals surface area contributed by atoms with Crippen molar-refractivity contribution >= 4 is 69.0 Å². The Morgan fingerprint density at radius 1 is 0.689 bits per heavy atom. The maximum atomic E-state index is 14.7. The van der Waals surface area contributed by atoms with Crippen LogP contribution in [0.3, 0.4) is 0 Å². The number of fused-ring (bicyclic) bond motifs is 2. The number of benzene rings is 4. The fourth-order valence-electron chi connectivity index (χ4n) is 8.81. The molecule has 2 aromatic heterocycles. The number of guanidine groups is 1. The third-order valence-corrected chi connectivity index (χ3v) is 12.7. The van der Waals surface area contributed by atoms with Gasteiger partial charge in [-0.05, 0) is 77.8 Å². The van der Waals surface area contributed by atoms with Crippen molar-refractivity contribution in [2.75, 3.05) is 19.6 Å². The van der Waals surface area contributed by atoms with Crippen LogP contribution in [0.4, 0.5) is 4.39 Å². The van der Waals surface area contributed by atoms with E-state index in [4.69, 9.17) is 11.1 Å². The van der Waals surface area contributed by atoms with Crippen LogP contribution in [0.1, 0.15) is 60.9 Å². The number of para-hydroxylation sites is 1. The van der Waals surface area contributed by atoms with Crippen LogP contribution >= 0.6 is 0 Å². The molecule has 0 saturated carbocycles. The zero-order valence-corrected chi connectivity index (χ0v) is 40.7. The molecule has 0 radical (unpaired) electrons. The molecule has 3 heterocycles. The van der Waals surface area contributed by atoms with E-state index in [1.54, 1.807) is 6.20 Å². The van der Waals surface area contributed by atoms with Crippen molar-refractivity contribution in [3.05, 3.63) is 138 Å². The summed E-state index contributed by atoms with van der Waals surface area (Å²) in [5, 5.41) is 32.6. The summed E-state index contributed by atoms with van der Waals surface area (Å²) in [4.78, 5) is 110. The molecule has 1 aliphatic rings. The quantitative estimate of drug-likeness (QED) is 0.0454. The summed E-state index contributed by atoms with van der Waals surface area (Å²) in [5.74, 6) is -5.42. The van der Waals surface area contributed by atoms with Crippen LogP contribution in [0.2, 0.25) is 0 Å². The second-order valence-electron chi connectivity index (χ2n) is 18.2. The Morgan fingerprint density at radius 3 is 2.08 bits per heavy atom. The molecule has 6 aromatic rings. The summed E-state index contributed by atoms with van der Waals surface area (Å²) in [7, 11) is 0. The number of hydrogen-bond acceptors (Lipinski definition) is 9. The second kappa shape index (κ2) is 26.2. The van der Waals surface area contributed by atoms with Crippen LogP contribution in [0.25, 0.3) is 21.7 Å². The number of H-pyrrole nitrogens is 2. The van der Waals surface area contributed by atoms with Gasteiger partial charge in [-0.25, -0.2) is 9.37 Å². The predicted molar refractivity (Wildman–Crippen MR) is 275 cm³/mol. The van der Waals surface area contributed by atoms with Gasteiger partial charge in [0.2, 0.25) is 41.4 Å². The number of imidazole rings is 1. The van der Waals surface area contributed by atoms with Gasteiger partial charge in [0.25, 0.3) is 0 Å². The highest BCUT2D eigenvalue weighted by Gasteiger charge is 2.34. The topological polar surface area (TPSA) is 310 Å². The SMILES string of the molecule is N=C(N)NCCC[C@@H]1NC(=O)[C@@H](Cc2ccc(F)cc2)NC(=O)C(Cc2c[nH]cn2)NC(=O)[C@@H](NC(=O)Cc2cccc3ccccc23)CCC(=O)NCCCCNC(=O)[C@H](Cc2c[nH]c3ccccc23)NC1=O. The number of rotatable bonds is 13. The van der Waals surface area contributed by atoms with E-state index >= 15 is 0 Å². The van der Waals surface area contributed by atoms with Crippen LogP contribution in [0, 0.1) is 11.2 Å². The number of carbonyl (C=O) groups excluding carboxylic acids is 7. The first-order valence-corrected chi connectivity index (χ1v) is 24.7. The molecule has 1 saturated heterocycles. The molecular formula is C53H62FN13O7. The molecule has 74 heavy (non-hydrogen) atoms. The van der Waals surface area contributed by atoms with Crippen molar-refractivity contribution in [2.24, 2.45) is 5.73 Å². The zero-order valence-electron chi connectivity index (χ0n) is 40.7. The minimum atomic E-state index is -1.44. The lowest BCUT2D eigenvalue weighted by atomic mass is 10.0. The molecule has 1 aliphatic heterocycles. The van der Waals surface area contributed by atoms with Crippen LogP contribution in [0.5, 0.6) is 0 Å². The molecule has 0 bridgehead atoms. The summed E-state index contributed by atoms with van der Waals surface area (Å²) < 4.78 is 14.2. The molecule has 388 valence electrons. The number of nitrogens with two attached hydrogens (primary N) is 1. The van der Waals surface area contributed by atoms with Gasteiger partial charge in [-0.1, -0.05) is 72.8 Å². The van der Waals surface area contributed by atoms with E-state index in [0.29, 0.717) is 29.7 Å². The van der Waals surface area contributed by atoms with E-state index in [9.17, 15) is 38.0 Å². The fraction of sp³-hybridized carbons (Fsp3) is 0.340. The molecule has 5 atom stereocenters. The lowest BCUT2D eigenvalue weighted by Crippen LogP contribution is -2.60. The van der Waals surface area contributed by atoms with Crippen LogP contribution in [-0.2, 0) is 59.2 Å². The number of aromatic nitrogens is 3. The first kappa shape index (κ1) is 53.2. The molecule has 1 unspecified atom stereocenters. The molecule has 1 fully saturated rings. The monoisotopic (exact) mass is 1010 g/mol. The van der Waals surface area contributed by atoms with Gasteiger partial charge < -0.3 is 58.2 Å². The lowest BCUT2D eigenvalue weighted by molar-refractivity contribution is -0.135. The minimum Gasteiger partial charge on any atom is -0.370 e.